The highest BCUT2D eigenvalue weighted by Crippen LogP contribution is 2.31. The van der Waals surface area contributed by atoms with Gasteiger partial charge in [-0.15, -0.1) is 10.2 Å². The monoisotopic (exact) mass is 302 g/mol. The molecule has 2 aliphatic rings. The van der Waals surface area contributed by atoms with E-state index >= 15 is 0 Å². The molecule has 2 aromatic rings. The van der Waals surface area contributed by atoms with E-state index in [0.29, 0.717) is 12.0 Å². The van der Waals surface area contributed by atoms with Crippen LogP contribution < -0.4 is 0 Å². The van der Waals surface area contributed by atoms with Gasteiger partial charge in [0.05, 0.1) is 18.9 Å². The van der Waals surface area contributed by atoms with E-state index in [1.807, 2.05) is 6.20 Å². The van der Waals surface area contributed by atoms with Crippen molar-refractivity contribution in [3.05, 3.63) is 29.9 Å². The lowest BCUT2D eigenvalue weighted by atomic mass is 9.98. The molecule has 4 rings (SSSR count). The van der Waals surface area contributed by atoms with Gasteiger partial charge in [0, 0.05) is 44.0 Å². The molecule has 0 radical (unpaired) electrons. The Morgan fingerprint density at radius 1 is 1.32 bits per heavy atom. The lowest BCUT2D eigenvalue weighted by Crippen LogP contribution is -2.37. The smallest absolute Gasteiger partial charge is 0.147 e. The number of aromatic nitrogens is 5. The predicted octanol–water partition coefficient (Wildman–Crippen LogP) is 1.12. The highest BCUT2D eigenvalue weighted by molar-refractivity contribution is 5.10. The largest absolute Gasteiger partial charge is 0.381 e. The molecular weight excluding hydrogens is 280 g/mol. The normalized spacial score (nSPS) is 23.6. The topological polar surface area (TPSA) is 71.9 Å². The van der Waals surface area contributed by atoms with E-state index in [9.17, 15) is 0 Å². The number of ether oxygens (including phenoxy) is 1. The van der Waals surface area contributed by atoms with Crippen LogP contribution in [0.15, 0.2) is 12.5 Å². The molecule has 0 aliphatic carbocycles. The summed E-state index contributed by atoms with van der Waals surface area (Å²) in [6, 6.07) is 0.363. The van der Waals surface area contributed by atoms with Gasteiger partial charge in [0.25, 0.3) is 0 Å². The zero-order valence-electron chi connectivity index (χ0n) is 12.9. The van der Waals surface area contributed by atoms with Crippen molar-refractivity contribution in [3.63, 3.8) is 0 Å². The molecule has 7 heteroatoms. The first-order valence-electron chi connectivity index (χ1n) is 7.98. The molecule has 0 amide bonds. The van der Waals surface area contributed by atoms with Gasteiger partial charge in [-0.25, -0.2) is 4.98 Å². The van der Waals surface area contributed by atoms with Gasteiger partial charge in [-0.2, -0.15) is 0 Å². The maximum absolute atomic E-state index is 5.49. The number of fused-ring (bicyclic) bond motifs is 1. The second-order valence-electron chi connectivity index (χ2n) is 6.36. The summed E-state index contributed by atoms with van der Waals surface area (Å²) in [4.78, 5) is 9.67. The molecule has 1 fully saturated rings. The number of imidazole rings is 1. The minimum absolute atomic E-state index is 0.363. The summed E-state index contributed by atoms with van der Waals surface area (Å²) >= 11 is 0. The molecule has 4 heterocycles. The zero-order valence-corrected chi connectivity index (χ0v) is 12.9. The van der Waals surface area contributed by atoms with Crippen LogP contribution in [-0.4, -0.2) is 56.4 Å². The maximum atomic E-state index is 5.49. The highest BCUT2D eigenvalue weighted by Gasteiger charge is 2.31. The summed E-state index contributed by atoms with van der Waals surface area (Å²) in [7, 11) is 2.15. The Hall–Kier alpha value is -1.73. The number of aromatic amines is 1. The van der Waals surface area contributed by atoms with Crippen LogP contribution >= 0.6 is 0 Å². The number of nitrogens with one attached hydrogen (secondary N) is 1. The SMILES string of the molecule is CN1Cc2nnc(C3CCOCC3)n2[C@H](Cc2cnc[nH]2)C1. The number of hydrogen-bond acceptors (Lipinski definition) is 5. The first-order chi connectivity index (χ1) is 10.8. The van der Waals surface area contributed by atoms with E-state index in [1.165, 1.54) is 0 Å². The van der Waals surface area contributed by atoms with Crippen molar-refractivity contribution >= 4 is 0 Å². The first kappa shape index (κ1) is 13.9. The van der Waals surface area contributed by atoms with Crippen LogP contribution in [0.1, 0.15) is 42.1 Å². The van der Waals surface area contributed by atoms with Gasteiger partial charge in [-0.1, -0.05) is 0 Å². The average molecular weight is 302 g/mol. The van der Waals surface area contributed by atoms with Gasteiger partial charge in [0.2, 0.25) is 0 Å². The molecule has 0 spiro atoms. The summed E-state index contributed by atoms with van der Waals surface area (Å²) in [6.07, 6.45) is 6.68. The van der Waals surface area contributed by atoms with Crippen LogP contribution in [0.2, 0.25) is 0 Å². The number of hydrogen-bond donors (Lipinski definition) is 1. The van der Waals surface area contributed by atoms with E-state index in [4.69, 9.17) is 4.74 Å². The Labute approximate surface area is 129 Å². The average Bonchev–Trinajstić information content (AvgIpc) is 3.17. The molecule has 1 saturated heterocycles. The van der Waals surface area contributed by atoms with Crippen LogP contribution in [0.3, 0.4) is 0 Å². The predicted molar refractivity (Wildman–Crippen MR) is 80.5 cm³/mol. The highest BCUT2D eigenvalue weighted by atomic mass is 16.5. The van der Waals surface area contributed by atoms with Crippen LogP contribution in [0, 0.1) is 0 Å². The van der Waals surface area contributed by atoms with Crippen LogP contribution in [0.4, 0.5) is 0 Å². The van der Waals surface area contributed by atoms with Crippen molar-refractivity contribution in [2.24, 2.45) is 0 Å². The number of likely N-dealkylation sites (N-methyl/N-ethyl adjacent to an activating group) is 1. The molecular formula is C15H22N6O. The van der Waals surface area contributed by atoms with Crippen LogP contribution in [0.5, 0.6) is 0 Å². The van der Waals surface area contributed by atoms with Gasteiger partial charge in [-0.05, 0) is 19.9 Å². The van der Waals surface area contributed by atoms with Crippen LogP contribution in [-0.2, 0) is 17.7 Å². The second-order valence-corrected chi connectivity index (χ2v) is 6.36. The van der Waals surface area contributed by atoms with Crippen molar-refractivity contribution in [2.75, 3.05) is 26.8 Å². The van der Waals surface area contributed by atoms with Crippen LogP contribution in [0.25, 0.3) is 0 Å². The fraction of sp³-hybridized carbons (Fsp3) is 0.667. The fourth-order valence-corrected chi connectivity index (χ4v) is 3.63. The van der Waals surface area contributed by atoms with Crippen molar-refractivity contribution in [2.45, 2.75) is 37.8 Å². The fourth-order valence-electron chi connectivity index (χ4n) is 3.63. The Kier molecular flexibility index (Phi) is 3.67. The van der Waals surface area contributed by atoms with E-state index in [1.54, 1.807) is 6.33 Å². The molecule has 1 N–H and O–H groups in total. The molecule has 22 heavy (non-hydrogen) atoms. The molecule has 0 saturated carbocycles. The summed E-state index contributed by atoms with van der Waals surface area (Å²) < 4.78 is 7.88. The van der Waals surface area contributed by atoms with Gasteiger partial charge >= 0.3 is 0 Å². The summed E-state index contributed by atoms with van der Waals surface area (Å²) in [5, 5.41) is 9.01. The lowest BCUT2D eigenvalue weighted by molar-refractivity contribution is 0.0814. The quantitative estimate of drug-likeness (QED) is 0.920. The molecule has 0 unspecified atom stereocenters. The third kappa shape index (κ3) is 2.55. The molecule has 2 aliphatic heterocycles. The second kappa shape index (κ2) is 5.81. The molecule has 2 aromatic heterocycles. The van der Waals surface area contributed by atoms with Crippen molar-refractivity contribution in [1.29, 1.82) is 0 Å². The molecule has 118 valence electrons. The van der Waals surface area contributed by atoms with Gasteiger partial charge in [0.1, 0.15) is 11.6 Å². The number of rotatable bonds is 3. The molecule has 0 bridgehead atoms. The zero-order chi connectivity index (χ0) is 14.9. The first-order valence-corrected chi connectivity index (χ1v) is 7.98. The molecule has 7 nitrogen and oxygen atoms in total. The summed E-state index contributed by atoms with van der Waals surface area (Å²) in [5.74, 6) is 2.71. The number of H-pyrrole nitrogens is 1. The van der Waals surface area contributed by atoms with Crippen molar-refractivity contribution < 1.29 is 4.74 Å². The Bertz CT molecular complexity index is 616. The maximum Gasteiger partial charge on any atom is 0.147 e. The van der Waals surface area contributed by atoms with E-state index in [-0.39, 0.29) is 0 Å². The van der Waals surface area contributed by atoms with Crippen molar-refractivity contribution in [3.8, 4) is 0 Å². The van der Waals surface area contributed by atoms with E-state index < -0.39 is 0 Å². The van der Waals surface area contributed by atoms with Gasteiger partial charge < -0.3 is 14.3 Å². The lowest BCUT2D eigenvalue weighted by Gasteiger charge is -2.33. The van der Waals surface area contributed by atoms with Gasteiger partial charge in [0.15, 0.2) is 0 Å². The standard InChI is InChI=1S/C15H22N6O/c1-20-8-13(6-12-7-16-10-17-12)21-14(9-20)18-19-15(21)11-2-4-22-5-3-11/h7,10-11,13H,2-6,8-9H2,1H3,(H,16,17)/t13-/m1/s1. The number of nitrogens with zero attached hydrogens (tertiary/aromatic N) is 5. The third-order valence-corrected chi connectivity index (χ3v) is 4.69. The summed E-state index contributed by atoms with van der Waals surface area (Å²) in [6.45, 7) is 3.55. The minimum atomic E-state index is 0.363. The van der Waals surface area contributed by atoms with E-state index in [0.717, 1.165) is 62.9 Å². The molecule has 1 atom stereocenters. The minimum Gasteiger partial charge on any atom is -0.381 e. The Balaban J connectivity index is 1.66. The molecule has 0 aromatic carbocycles. The third-order valence-electron chi connectivity index (χ3n) is 4.69. The van der Waals surface area contributed by atoms with E-state index in [2.05, 4.69) is 36.7 Å². The Morgan fingerprint density at radius 2 is 2.18 bits per heavy atom. The summed E-state index contributed by atoms with van der Waals surface area (Å²) in [5.41, 5.74) is 1.16. The Morgan fingerprint density at radius 3 is 2.95 bits per heavy atom. The van der Waals surface area contributed by atoms with Crippen molar-refractivity contribution in [1.82, 2.24) is 29.6 Å². The van der Waals surface area contributed by atoms with Gasteiger partial charge in [-0.3, -0.25) is 4.90 Å².